The Kier molecular flexibility index (Phi) is 8.00. The van der Waals surface area contributed by atoms with Crippen molar-refractivity contribution in [3.63, 3.8) is 0 Å². The Morgan fingerprint density at radius 3 is 2.17 bits per heavy atom. The van der Waals surface area contributed by atoms with Gasteiger partial charge in [0.05, 0.1) is 40.0 Å². The molecule has 0 amide bonds. The number of nitrogens with one attached hydrogen (secondary N) is 2. The number of hydrogen-bond donors (Lipinski definition) is 3. The maximum absolute atomic E-state index is 10.9. The van der Waals surface area contributed by atoms with Gasteiger partial charge in [-0.25, -0.2) is 4.99 Å². The summed E-state index contributed by atoms with van der Waals surface area (Å²) in [5.74, 6) is 3.93. The van der Waals surface area contributed by atoms with Crippen LogP contribution in [-0.4, -0.2) is 45.5 Å². The summed E-state index contributed by atoms with van der Waals surface area (Å²) in [6.45, 7) is 8.69. The van der Waals surface area contributed by atoms with Gasteiger partial charge >= 0.3 is 0 Å². The van der Waals surface area contributed by atoms with E-state index in [2.05, 4.69) is 15.6 Å². The van der Waals surface area contributed by atoms with Crippen molar-refractivity contribution in [2.45, 2.75) is 39.8 Å². The van der Waals surface area contributed by atoms with Gasteiger partial charge in [0.2, 0.25) is 0 Å². The van der Waals surface area contributed by atoms with Gasteiger partial charge in [-0.3, -0.25) is 0 Å². The zero-order valence-corrected chi connectivity index (χ0v) is 18.9. The van der Waals surface area contributed by atoms with E-state index in [1.165, 1.54) is 0 Å². The van der Waals surface area contributed by atoms with Crippen molar-refractivity contribution in [1.29, 1.82) is 0 Å². The summed E-state index contributed by atoms with van der Waals surface area (Å²) in [6, 6.07) is 5.44. The van der Waals surface area contributed by atoms with Gasteiger partial charge in [0.1, 0.15) is 34.4 Å². The fourth-order valence-electron chi connectivity index (χ4n) is 3.25. The highest BCUT2D eigenvalue weighted by atomic mass is 16.5. The Balaban J connectivity index is 2.21. The van der Waals surface area contributed by atoms with Gasteiger partial charge in [-0.1, -0.05) is 0 Å². The fraction of sp³-hybridized carbons (Fsp3) is 0.500. The molecule has 8 nitrogen and oxygen atoms in total. The summed E-state index contributed by atoms with van der Waals surface area (Å²) in [4.78, 5) is 4.64. The van der Waals surface area contributed by atoms with Crippen molar-refractivity contribution in [2.24, 2.45) is 4.99 Å². The number of aliphatic imine (C=N–C) groups is 1. The molecule has 2 aromatic rings. The first kappa shape index (κ1) is 23.4. The highest BCUT2D eigenvalue weighted by Crippen LogP contribution is 2.34. The second kappa shape index (κ2) is 10.2. The third-order valence-corrected chi connectivity index (χ3v) is 4.78. The largest absolute Gasteiger partial charge is 0.496 e. The van der Waals surface area contributed by atoms with Crippen LogP contribution in [0.15, 0.2) is 27.6 Å². The molecule has 1 aromatic carbocycles. The first-order chi connectivity index (χ1) is 14.2. The van der Waals surface area contributed by atoms with Crippen molar-refractivity contribution < 1.29 is 23.7 Å². The van der Waals surface area contributed by atoms with Gasteiger partial charge < -0.3 is 34.4 Å². The minimum absolute atomic E-state index is 0.259. The number of ether oxygens (including phenoxy) is 3. The van der Waals surface area contributed by atoms with Crippen LogP contribution in [0.25, 0.3) is 0 Å². The van der Waals surface area contributed by atoms with Crippen molar-refractivity contribution in [3.05, 3.63) is 40.8 Å². The number of hydrogen-bond acceptors (Lipinski definition) is 6. The molecule has 1 atom stereocenters. The van der Waals surface area contributed by atoms with Crippen LogP contribution < -0.4 is 24.8 Å². The molecule has 1 unspecified atom stereocenters. The molecule has 0 bridgehead atoms. The number of benzene rings is 1. The summed E-state index contributed by atoms with van der Waals surface area (Å²) < 4.78 is 21.8. The van der Waals surface area contributed by atoms with E-state index in [1.807, 2.05) is 26.8 Å². The third-order valence-electron chi connectivity index (χ3n) is 4.78. The molecule has 8 heteroatoms. The van der Waals surface area contributed by atoms with Gasteiger partial charge in [0.15, 0.2) is 5.96 Å². The lowest BCUT2D eigenvalue weighted by atomic mass is 9.96. The molecule has 0 saturated carbocycles. The summed E-state index contributed by atoms with van der Waals surface area (Å²) in [6.07, 6.45) is 0. The van der Waals surface area contributed by atoms with E-state index >= 15 is 0 Å². The Labute approximate surface area is 178 Å². The van der Waals surface area contributed by atoms with Crippen LogP contribution in [0.1, 0.15) is 36.5 Å². The number of guanidine groups is 1. The van der Waals surface area contributed by atoms with E-state index in [-0.39, 0.29) is 6.54 Å². The topological polar surface area (TPSA) is 97.5 Å². The average Bonchev–Trinajstić information content (AvgIpc) is 3.08. The van der Waals surface area contributed by atoms with Crippen LogP contribution in [-0.2, 0) is 12.1 Å². The summed E-state index contributed by atoms with van der Waals surface area (Å²) >= 11 is 0. The van der Waals surface area contributed by atoms with E-state index in [0.29, 0.717) is 42.1 Å². The highest BCUT2D eigenvalue weighted by Gasteiger charge is 2.28. The van der Waals surface area contributed by atoms with Gasteiger partial charge in [0, 0.05) is 24.2 Å². The first-order valence-corrected chi connectivity index (χ1v) is 9.86. The van der Waals surface area contributed by atoms with Crippen molar-refractivity contribution >= 4 is 5.96 Å². The molecule has 0 aliphatic carbocycles. The molecule has 3 N–H and O–H groups in total. The Bertz CT molecular complexity index is 849. The van der Waals surface area contributed by atoms with Gasteiger partial charge in [0.25, 0.3) is 0 Å². The van der Waals surface area contributed by atoms with Gasteiger partial charge in [-0.15, -0.1) is 0 Å². The minimum Gasteiger partial charge on any atom is -0.496 e. The molecule has 166 valence electrons. The predicted molar refractivity (Wildman–Crippen MR) is 117 cm³/mol. The zero-order chi connectivity index (χ0) is 22.3. The minimum atomic E-state index is -1.12. The molecule has 0 radical (unpaired) electrons. The number of furan rings is 1. The monoisotopic (exact) mass is 419 g/mol. The molecule has 0 saturated heterocycles. The standard InChI is InChI=1S/C22H33N3O5/c1-8-23-21(25-13-22(4,26)18-9-14(2)30-15(18)3)24-12-17-19(28-6)10-16(27-5)11-20(17)29-7/h9-11,26H,8,12-13H2,1-7H3,(H2,23,24,25). The zero-order valence-electron chi connectivity index (χ0n) is 18.9. The molecule has 1 heterocycles. The van der Waals surface area contributed by atoms with E-state index in [9.17, 15) is 5.11 Å². The molecular formula is C22H33N3O5. The third kappa shape index (κ3) is 5.60. The molecule has 2 rings (SSSR count). The maximum Gasteiger partial charge on any atom is 0.191 e. The Hall–Kier alpha value is -2.87. The van der Waals surface area contributed by atoms with Gasteiger partial charge in [-0.2, -0.15) is 0 Å². The van der Waals surface area contributed by atoms with E-state index in [0.717, 1.165) is 16.9 Å². The van der Waals surface area contributed by atoms with E-state index in [4.69, 9.17) is 18.6 Å². The summed E-state index contributed by atoms with van der Waals surface area (Å²) in [7, 11) is 4.78. The number of methoxy groups -OCH3 is 3. The van der Waals surface area contributed by atoms with E-state index < -0.39 is 5.60 Å². The van der Waals surface area contributed by atoms with Crippen LogP contribution in [0.4, 0.5) is 0 Å². The molecule has 0 fully saturated rings. The van der Waals surface area contributed by atoms with Crippen molar-refractivity contribution in [1.82, 2.24) is 10.6 Å². The van der Waals surface area contributed by atoms with E-state index in [1.54, 1.807) is 40.4 Å². The molecule has 1 aromatic heterocycles. The number of aliphatic hydroxyl groups is 1. The normalized spacial score (nSPS) is 13.5. The smallest absolute Gasteiger partial charge is 0.191 e. The van der Waals surface area contributed by atoms with Crippen LogP contribution in [0.3, 0.4) is 0 Å². The number of rotatable bonds is 9. The maximum atomic E-state index is 10.9. The molecule has 0 spiro atoms. The molecular weight excluding hydrogens is 386 g/mol. The highest BCUT2D eigenvalue weighted by molar-refractivity contribution is 5.80. The number of aryl methyl sites for hydroxylation is 2. The SMILES string of the molecule is CCNC(=NCc1c(OC)cc(OC)cc1OC)NCC(C)(O)c1cc(C)oc1C. The summed E-state index contributed by atoms with van der Waals surface area (Å²) in [5, 5.41) is 17.3. The van der Waals surface area contributed by atoms with Crippen molar-refractivity contribution in [3.8, 4) is 17.2 Å². The Morgan fingerprint density at radius 1 is 1.07 bits per heavy atom. The van der Waals surface area contributed by atoms with Crippen LogP contribution in [0, 0.1) is 13.8 Å². The summed E-state index contributed by atoms with van der Waals surface area (Å²) in [5.41, 5.74) is 0.431. The first-order valence-electron chi connectivity index (χ1n) is 9.86. The second-order valence-electron chi connectivity index (χ2n) is 7.16. The lowest BCUT2D eigenvalue weighted by Gasteiger charge is -2.24. The van der Waals surface area contributed by atoms with Crippen LogP contribution >= 0.6 is 0 Å². The van der Waals surface area contributed by atoms with Crippen LogP contribution in [0.2, 0.25) is 0 Å². The lowest BCUT2D eigenvalue weighted by molar-refractivity contribution is 0.0601. The predicted octanol–water partition coefficient (Wildman–Crippen LogP) is 2.89. The number of nitrogens with zero attached hydrogens (tertiary/aromatic N) is 1. The second-order valence-corrected chi connectivity index (χ2v) is 7.16. The lowest BCUT2D eigenvalue weighted by Crippen LogP contribution is -2.44. The molecule has 0 aliphatic rings. The Morgan fingerprint density at radius 2 is 1.70 bits per heavy atom. The fourth-order valence-corrected chi connectivity index (χ4v) is 3.25. The molecule has 0 aliphatic heterocycles. The van der Waals surface area contributed by atoms with Crippen LogP contribution in [0.5, 0.6) is 17.2 Å². The molecule has 30 heavy (non-hydrogen) atoms. The average molecular weight is 420 g/mol. The quantitative estimate of drug-likeness (QED) is 0.425. The van der Waals surface area contributed by atoms with Gasteiger partial charge in [-0.05, 0) is 33.8 Å². The van der Waals surface area contributed by atoms with Crippen molar-refractivity contribution in [2.75, 3.05) is 34.4 Å².